The van der Waals surface area contributed by atoms with E-state index in [-0.39, 0.29) is 11.1 Å². The lowest BCUT2D eigenvalue weighted by Crippen LogP contribution is -2.25. The molecule has 0 saturated carbocycles. The van der Waals surface area contributed by atoms with Crippen LogP contribution in [0.5, 0.6) is 0 Å². The van der Waals surface area contributed by atoms with Gasteiger partial charge in [0.05, 0.1) is 13.4 Å². The molecule has 0 saturated heterocycles. The minimum Gasteiger partial charge on any atom is -0.238 e. The first kappa shape index (κ1) is 17.5. The van der Waals surface area contributed by atoms with Gasteiger partial charge in [0.15, 0.2) is 0 Å². The fraction of sp³-hybridized carbons (Fsp3) is 0.600. The highest BCUT2D eigenvalue weighted by Crippen LogP contribution is 2.55. The van der Waals surface area contributed by atoms with Crippen molar-refractivity contribution in [3.63, 3.8) is 0 Å². The van der Waals surface area contributed by atoms with Crippen molar-refractivity contribution in [1.29, 1.82) is 0 Å². The normalized spacial score (nSPS) is 14.4. The molecular formula is C15H22BF3S. The third-order valence-electron chi connectivity index (χ3n) is 3.93. The molecule has 112 valence electrons. The summed E-state index contributed by atoms with van der Waals surface area (Å²) in [5.74, 6) is 0.660. The fourth-order valence-electron chi connectivity index (χ4n) is 1.74. The SMILES string of the molecule is [B]Cc1ccc(C(F)(F)F)cc1CS(C)(C)C(C)(C)C. The summed E-state index contributed by atoms with van der Waals surface area (Å²) < 4.78 is 38.6. The Labute approximate surface area is 122 Å². The van der Waals surface area contributed by atoms with E-state index in [9.17, 15) is 13.2 Å². The minimum atomic E-state index is -4.30. The van der Waals surface area contributed by atoms with E-state index in [1.165, 1.54) is 12.1 Å². The van der Waals surface area contributed by atoms with Crippen LogP contribution in [-0.4, -0.2) is 25.1 Å². The maximum Gasteiger partial charge on any atom is 0.416 e. The maximum absolute atomic E-state index is 12.8. The van der Waals surface area contributed by atoms with E-state index in [4.69, 9.17) is 7.85 Å². The molecule has 1 rings (SSSR count). The van der Waals surface area contributed by atoms with Crippen molar-refractivity contribution >= 4 is 17.9 Å². The molecule has 0 bridgehead atoms. The molecule has 0 fully saturated rings. The molecule has 0 aliphatic carbocycles. The summed E-state index contributed by atoms with van der Waals surface area (Å²) in [6.45, 7) is 6.41. The Kier molecular flexibility index (Phi) is 4.95. The molecule has 0 nitrogen and oxygen atoms in total. The van der Waals surface area contributed by atoms with Crippen molar-refractivity contribution in [3.05, 3.63) is 34.9 Å². The topological polar surface area (TPSA) is 0 Å². The molecule has 0 unspecified atom stereocenters. The second kappa shape index (κ2) is 5.66. The van der Waals surface area contributed by atoms with Gasteiger partial charge in [-0.2, -0.15) is 13.2 Å². The Morgan fingerprint density at radius 1 is 1.05 bits per heavy atom. The quantitative estimate of drug-likeness (QED) is 0.708. The monoisotopic (exact) mass is 302 g/mol. The van der Waals surface area contributed by atoms with Gasteiger partial charge < -0.3 is 0 Å². The number of halogens is 3. The van der Waals surface area contributed by atoms with Gasteiger partial charge in [0.25, 0.3) is 0 Å². The van der Waals surface area contributed by atoms with Crippen LogP contribution in [-0.2, 0) is 18.2 Å². The molecule has 5 heteroatoms. The van der Waals surface area contributed by atoms with Crippen LogP contribution in [0.25, 0.3) is 0 Å². The van der Waals surface area contributed by atoms with E-state index in [0.29, 0.717) is 5.75 Å². The van der Waals surface area contributed by atoms with Gasteiger partial charge in [0.1, 0.15) is 0 Å². The number of hydrogen-bond acceptors (Lipinski definition) is 0. The molecule has 20 heavy (non-hydrogen) atoms. The maximum atomic E-state index is 12.8. The second-order valence-electron chi connectivity index (χ2n) is 6.48. The highest BCUT2D eigenvalue weighted by atomic mass is 32.3. The zero-order valence-corrected chi connectivity index (χ0v) is 13.6. The average Bonchev–Trinajstić information content (AvgIpc) is 2.25. The molecule has 2 radical (unpaired) electrons. The summed E-state index contributed by atoms with van der Waals surface area (Å²) in [6.07, 6.45) is 0.289. The van der Waals surface area contributed by atoms with Crippen molar-refractivity contribution < 1.29 is 13.2 Å². The Morgan fingerprint density at radius 3 is 2.00 bits per heavy atom. The molecule has 1 aromatic rings. The summed E-state index contributed by atoms with van der Waals surface area (Å²) >= 11 is 0. The first-order valence-corrected chi connectivity index (χ1v) is 9.10. The molecule has 0 atom stereocenters. The molecule has 0 aromatic heterocycles. The van der Waals surface area contributed by atoms with E-state index in [0.717, 1.165) is 17.2 Å². The first-order chi connectivity index (χ1) is 8.88. The standard InChI is InChI=1S/C15H22BF3S/c1-14(2,3)20(4,5)10-12-8-13(15(17,18)19)7-6-11(12)9-16/h6-8H,9-10H2,1-5H3. The lowest BCUT2D eigenvalue weighted by Gasteiger charge is -2.45. The molecule has 0 aliphatic heterocycles. The lowest BCUT2D eigenvalue weighted by atomic mass is 9.92. The predicted octanol–water partition coefficient (Wildman–Crippen LogP) is 4.74. The summed E-state index contributed by atoms with van der Waals surface area (Å²) in [5, 5.41) is 0. The van der Waals surface area contributed by atoms with Crippen molar-refractivity contribution in [1.82, 2.24) is 0 Å². The van der Waals surface area contributed by atoms with Crippen LogP contribution in [0, 0.1) is 0 Å². The van der Waals surface area contributed by atoms with Crippen molar-refractivity contribution in [2.24, 2.45) is 0 Å². The molecule has 0 aliphatic rings. The van der Waals surface area contributed by atoms with Crippen LogP contribution in [0.15, 0.2) is 18.2 Å². The van der Waals surface area contributed by atoms with E-state index in [1.807, 2.05) is 0 Å². The predicted molar refractivity (Wildman–Crippen MR) is 83.8 cm³/mol. The van der Waals surface area contributed by atoms with Gasteiger partial charge in [0.2, 0.25) is 0 Å². The average molecular weight is 302 g/mol. The van der Waals surface area contributed by atoms with Crippen molar-refractivity contribution in [2.45, 2.75) is 43.8 Å². The number of alkyl halides is 3. The van der Waals surface area contributed by atoms with Crippen LogP contribution >= 0.6 is 10.0 Å². The zero-order valence-electron chi connectivity index (χ0n) is 12.8. The summed E-state index contributed by atoms with van der Waals surface area (Å²) in [7, 11) is 4.60. The van der Waals surface area contributed by atoms with Gasteiger partial charge in [-0.25, -0.2) is 10.0 Å². The second-order valence-corrected chi connectivity index (χ2v) is 11.1. The van der Waals surface area contributed by atoms with E-state index >= 15 is 0 Å². The molecule has 0 spiro atoms. The Hall–Kier alpha value is -0.575. The largest absolute Gasteiger partial charge is 0.416 e. The van der Waals surface area contributed by atoms with Gasteiger partial charge in [-0.1, -0.05) is 38.7 Å². The lowest BCUT2D eigenvalue weighted by molar-refractivity contribution is -0.137. The van der Waals surface area contributed by atoms with Crippen LogP contribution in [0.4, 0.5) is 13.2 Å². The highest BCUT2D eigenvalue weighted by molar-refractivity contribution is 8.33. The zero-order chi connectivity index (χ0) is 15.8. The molecule has 0 amide bonds. The molecule has 0 heterocycles. The van der Waals surface area contributed by atoms with Gasteiger partial charge in [0, 0.05) is 5.75 Å². The van der Waals surface area contributed by atoms with Gasteiger partial charge in [-0.3, -0.25) is 0 Å². The van der Waals surface area contributed by atoms with Gasteiger partial charge in [-0.05, 0) is 35.0 Å². The minimum absolute atomic E-state index is 0.0765. The first-order valence-electron chi connectivity index (χ1n) is 6.48. The van der Waals surface area contributed by atoms with Gasteiger partial charge in [-0.15, -0.1) is 0 Å². The highest BCUT2D eigenvalue weighted by Gasteiger charge is 2.33. The Morgan fingerprint density at radius 2 is 1.60 bits per heavy atom. The molecule has 0 N–H and O–H groups in total. The Balaban J connectivity index is 3.23. The summed E-state index contributed by atoms with van der Waals surface area (Å²) in [6, 6.07) is 3.89. The van der Waals surface area contributed by atoms with Gasteiger partial charge >= 0.3 is 6.18 Å². The summed E-state index contributed by atoms with van der Waals surface area (Å²) in [4.78, 5) is 0. The molecular weight excluding hydrogens is 280 g/mol. The van der Waals surface area contributed by atoms with Crippen LogP contribution < -0.4 is 0 Å². The van der Waals surface area contributed by atoms with Crippen molar-refractivity contribution in [2.75, 3.05) is 12.5 Å². The molecule has 1 aromatic carbocycles. The van der Waals surface area contributed by atoms with Crippen LogP contribution in [0.3, 0.4) is 0 Å². The summed E-state index contributed by atoms with van der Waals surface area (Å²) in [5.41, 5.74) is 0.953. The van der Waals surface area contributed by atoms with E-state index in [2.05, 4.69) is 33.3 Å². The number of rotatable bonds is 3. The smallest absolute Gasteiger partial charge is 0.238 e. The number of benzene rings is 1. The third-order valence-corrected chi connectivity index (χ3v) is 8.28. The van der Waals surface area contributed by atoms with Crippen LogP contribution in [0.1, 0.15) is 37.5 Å². The Bertz CT molecular complexity index is 473. The third kappa shape index (κ3) is 3.97. The fourth-order valence-corrected chi connectivity index (χ4v) is 3.22. The van der Waals surface area contributed by atoms with Crippen LogP contribution in [0.2, 0.25) is 0 Å². The van der Waals surface area contributed by atoms with E-state index < -0.39 is 21.8 Å². The van der Waals surface area contributed by atoms with Crippen molar-refractivity contribution in [3.8, 4) is 0 Å². The number of hydrogen-bond donors (Lipinski definition) is 0. The van der Waals surface area contributed by atoms with E-state index in [1.54, 1.807) is 0 Å².